The maximum absolute atomic E-state index is 12.6. The Morgan fingerprint density at radius 2 is 1.04 bits per heavy atom. The molecule has 0 atom stereocenters. The topological polar surface area (TPSA) is 54.4 Å². The molecule has 0 heterocycles. The second-order valence-corrected chi connectivity index (χ2v) is 7.34. The number of hydrogen-bond acceptors (Lipinski definition) is 3. The summed E-state index contributed by atoms with van der Waals surface area (Å²) in [7, 11) is -3.50. The SMILES string of the molecule is Cc1ccc(S(=O)(=O)c2ccc(-c3ccc(O)cc3)cc2)cc1. The van der Waals surface area contributed by atoms with Crippen molar-refractivity contribution in [2.24, 2.45) is 0 Å². The molecule has 0 bridgehead atoms. The summed E-state index contributed by atoms with van der Waals surface area (Å²) in [5, 5.41) is 9.32. The summed E-state index contributed by atoms with van der Waals surface area (Å²) < 4.78 is 25.2. The molecule has 0 aliphatic rings. The molecule has 1 N–H and O–H groups in total. The minimum atomic E-state index is -3.50. The zero-order chi connectivity index (χ0) is 16.4. The van der Waals surface area contributed by atoms with Gasteiger partial charge in [0.1, 0.15) is 5.75 Å². The number of benzene rings is 3. The number of rotatable bonds is 3. The normalized spacial score (nSPS) is 11.3. The van der Waals surface area contributed by atoms with Crippen molar-refractivity contribution in [1.29, 1.82) is 0 Å². The number of aromatic hydroxyl groups is 1. The maximum atomic E-state index is 12.6. The summed E-state index contributed by atoms with van der Waals surface area (Å²) >= 11 is 0. The van der Waals surface area contributed by atoms with Crippen LogP contribution in [0.25, 0.3) is 11.1 Å². The first kappa shape index (κ1) is 15.3. The van der Waals surface area contributed by atoms with Gasteiger partial charge in [-0.05, 0) is 54.4 Å². The van der Waals surface area contributed by atoms with Crippen LogP contribution in [-0.2, 0) is 9.84 Å². The van der Waals surface area contributed by atoms with Gasteiger partial charge in [0, 0.05) is 0 Å². The first-order valence-electron chi connectivity index (χ1n) is 7.18. The van der Waals surface area contributed by atoms with Crippen LogP contribution in [0.5, 0.6) is 5.75 Å². The fourth-order valence-corrected chi connectivity index (χ4v) is 3.59. The van der Waals surface area contributed by atoms with E-state index in [1.807, 2.05) is 6.92 Å². The smallest absolute Gasteiger partial charge is 0.206 e. The lowest BCUT2D eigenvalue weighted by Crippen LogP contribution is -2.01. The van der Waals surface area contributed by atoms with E-state index in [1.165, 1.54) is 0 Å². The van der Waals surface area contributed by atoms with Crippen LogP contribution in [0.2, 0.25) is 0 Å². The third-order valence-electron chi connectivity index (χ3n) is 3.70. The van der Waals surface area contributed by atoms with Gasteiger partial charge in [-0.25, -0.2) is 8.42 Å². The summed E-state index contributed by atoms with van der Waals surface area (Å²) in [5.41, 5.74) is 2.83. The van der Waals surface area contributed by atoms with Gasteiger partial charge in [-0.1, -0.05) is 42.0 Å². The molecule has 116 valence electrons. The Bertz CT molecular complexity index is 908. The molecule has 3 aromatic carbocycles. The van der Waals surface area contributed by atoms with Gasteiger partial charge in [-0.2, -0.15) is 0 Å². The Kier molecular flexibility index (Phi) is 3.92. The molecular weight excluding hydrogens is 308 g/mol. The molecule has 0 saturated heterocycles. The summed E-state index contributed by atoms with van der Waals surface area (Å²) in [6.07, 6.45) is 0. The quantitative estimate of drug-likeness (QED) is 0.785. The highest BCUT2D eigenvalue weighted by Crippen LogP contribution is 2.26. The number of sulfone groups is 1. The van der Waals surface area contributed by atoms with E-state index in [9.17, 15) is 13.5 Å². The minimum Gasteiger partial charge on any atom is -0.508 e. The van der Waals surface area contributed by atoms with Crippen molar-refractivity contribution >= 4 is 9.84 Å². The second kappa shape index (κ2) is 5.89. The number of aryl methyl sites for hydroxylation is 1. The van der Waals surface area contributed by atoms with Crippen LogP contribution in [0.1, 0.15) is 5.56 Å². The van der Waals surface area contributed by atoms with E-state index in [-0.39, 0.29) is 10.6 Å². The van der Waals surface area contributed by atoms with Crippen molar-refractivity contribution in [3.05, 3.63) is 78.4 Å². The molecule has 23 heavy (non-hydrogen) atoms. The standard InChI is InChI=1S/C19H16O3S/c1-14-2-10-18(11-3-14)23(21,22)19-12-6-16(7-13-19)15-4-8-17(20)9-5-15/h2-13,20H,1H3. The van der Waals surface area contributed by atoms with Crippen molar-refractivity contribution < 1.29 is 13.5 Å². The van der Waals surface area contributed by atoms with E-state index in [0.29, 0.717) is 4.90 Å². The maximum Gasteiger partial charge on any atom is 0.206 e. The molecule has 4 heteroatoms. The van der Waals surface area contributed by atoms with Gasteiger partial charge in [0.05, 0.1) is 9.79 Å². The van der Waals surface area contributed by atoms with Gasteiger partial charge < -0.3 is 5.11 Å². The van der Waals surface area contributed by atoms with Crippen LogP contribution in [0.4, 0.5) is 0 Å². The monoisotopic (exact) mass is 324 g/mol. The van der Waals surface area contributed by atoms with Gasteiger partial charge in [0.15, 0.2) is 0 Å². The average Bonchev–Trinajstić information content (AvgIpc) is 2.56. The van der Waals surface area contributed by atoms with E-state index in [0.717, 1.165) is 16.7 Å². The van der Waals surface area contributed by atoms with Crippen LogP contribution >= 0.6 is 0 Å². The van der Waals surface area contributed by atoms with Crippen LogP contribution in [0.3, 0.4) is 0 Å². The zero-order valence-corrected chi connectivity index (χ0v) is 13.4. The Labute approximate surface area is 135 Å². The molecule has 3 rings (SSSR count). The number of phenolic OH excluding ortho intramolecular Hbond substituents is 1. The van der Waals surface area contributed by atoms with Crippen LogP contribution < -0.4 is 0 Å². The summed E-state index contributed by atoms with van der Waals surface area (Å²) in [6.45, 7) is 1.92. The second-order valence-electron chi connectivity index (χ2n) is 5.39. The van der Waals surface area contributed by atoms with Crippen molar-refractivity contribution in [3.63, 3.8) is 0 Å². The molecule has 0 aliphatic carbocycles. The summed E-state index contributed by atoms with van der Waals surface area (Å²) in [5.74, 6) is 0.201. The highest BCUT2D eigenvalue weighted by Gasteiger charge is 2.17. The molecule has 0 aromatic heterocycles. The van der Waals surface area contributed by atoms with E-state index in [2.05, 4.69) is 0 Å². The Morgan fingerprint density at radius 1 is 0.652 bits per heavy atom. The fraction of sp³-hybridized carbons (Fsp3) is 0.0526. The molecular formula is C19H16O3S. The molecule has 3 aromatic rings. The lowest BCUT2D eigenvalue weighted by Gasteiger charge is -2.07. The van der Waals surface area contributed by atoms with Crippen molar-refractivity contribution in [3.8, 4) is 16.9 Å². The number of phenols is 1. The molecule has 0 saturated carbocycles. The van der Waals surface area contributed by atoms with Crippen molar-refractivity contribution in [2.45, 2.75) is 16.7 Å². The van der Waals surface area contributed by atoms with E-state index >= 15 is 0 Å². The Morgan fingerprint density at radius 3 is 1.52 bits per heavy atom. The first-order chi connectivity index (χ1) is 11.0. The zero-order valence-electron chi connectivity index (χ0n) is 12.6. The highest BCUT2D eigenvalue weighted by molar-refractivity contribution is 7.91. The predicted molar refractivity (Wildman–Crippen MR) is 90.2 cm³/mol. The van der Waals surface area contributed by atoms with Gasteiger partial charge in [0.25, 0.3) is 0 Å². The van der Waals surface area contributed by atoms with E-state index in [4.69, 9.17) is 0 Å². The minimum absolute atomic E-state index is 0.201. The molecule has 0 fully saturated rings. The largest absolute Gasteiger partial charge is 0.508 e. The van der Waals surface area contributed by atoms with Crippen LogP contribution in [0.15, 0.2) is 82.6 Å². The number of hydrogen-bond donors (Lipinski definition) is 1. The third-order valence-corrected chi connectivity index (χ3v) is 5.48. The molecule has 0 spiro atoms. The average molecular weight is 324 g/mol. The molecule has 3 nitrogen and oxygen atoms in total. The fourth-order valence-electron chi connectivity index (χ4n) is 2.33. The Balaban J connectivity index is 1.95. The predicted octanol–water partition coefficient (Wildman–Crippen LogP) is 4.20. The van der Waals surface area contributed by atoms with Crippen molar-refractivity contribution in [1.82, 2.24) is 0 Å². The molecule has 0 amide bonds. The lowest BCUT2D eigenvalue weighted by atomic mass is 10.1. The lowest BCUT2D eigenvalue weighted by molar-refractivity contribution is 0.475. The van der Waals surface area contributed by atoms with Crippen molar-refractivity contribution in [2.75, 3.05) is 0 Å². The van der Waals surface area contributed by atoms with Crippen LogP contribution in [-0.4, -0.2) is 13.5 Å². The Hall–Kier alpha value is -2.59. The molecule has 0 aliphatic heterocycles. The molecule has 0 radical (unpaired) electrons. The van der Waals surface area contributed by atoms with Gasteiger partial charge >= 0.3 is 0 Å². The summed E-state index contributed by atoms with van der Waals surface area (Å²) in [4.78, 5) is 0.560. The van der Waals surface area contributed by atoms with Gasteiger partial charge in [-0.15, -0.1) is 0 Å². The molecule has 0 unspecified atom stereocenters. The van der Waals surface area contributed by atoms with E-state index in [1.54, 1.807) is 72.8 Å². The van der Waals surface area contributed by atoms with Crippen LogP contribution in [0, 0.1) is 6.92 Å². The summed E-state index contributed by atoms with van der Waals surface area (Å²) in [6, 6.07) is 20.4. The first-order valence-corrected chi connectivity index (χ1v) is 8.66. The van der Waals surface area contributed by atoms with Gasteiger partial charge in [0.2, 0.25) is 9.84 Å². The third kappa shape index (κ3) is 3.12. The van der Waals surface area contributed by atoms with E-state index < -0.39 is 9.84 Å². The highest BCUT2D eigenvalue weighted by atomic mass is 32.2. The van der Waals surface area contributed by atoms with Gasteiger partial charge in [-0.3, -0.25) is 0 Å².